The molecular weight excluding hydrogens is 583 g/mol. The lowest BCUT2D eigenvalue weighted by Gasteiger charge is -2.23. The SMILES string of the molecule is Cc1nc(NCC2C3CN(c4ccc(F)cc4C#N)C[C@@H]23)nc(NC2C[C@H](CO)[C@@H](O)[C@H]2O)c1-c1nc2c(C)nccc2s1. The first-order valence-electron chi connectivity index (χ1n) is 14.8. The van der Waals surface area contributed by atoms with Crippen LogP contribution >= 0.6 is 11.3 Å². The van der Waals surface area contributed by atoms with Crippen molar-refractivity contribution in [3.63, 3.8) is 0 Å². The first kappa shape index (κ1) is 28.8. The maximum Gasteiger partial charge on any atom is 0.224 e. The Bertz CT molecular complexity index is 1770. The van der Waals surface area contributed by atoms with E-state index in [1.54, 1.807) is 12.3 Å². The molecule has 3 aromatic heterocycles. The highest BCUT2D eigenvalue weighted by molar-refractivity contribution is 7.21. The molecule has 44 heavy (non-hydrogen) atoms. The van der Waals surface area contributed by atoms with Gasteiger partial charge in [-0.2, -0.15) is 10.2 Å². The predicted molar refractivity (Wildman–Crippen MR) is 165 cm³/mol. The van der Waals surface area contributed by atoms with Crippen molar-refractivity contribution in [1.82, 2.24) is 19.9 Å². The third-order valence-corrected chi connectivity index (χ3v) is 10.5. The number of aliphatic hydroxyl groups excluding tert-OH is 3. The van der Waals surface area contributed by atoms with Gasteiger partial charge in [0.05, 0.1) is 45.0 Å². The number of nitrogens with one attached hydrogen (secondary N) is 2. The maximum atomic E-state index is 13.6. The number of aromatic nitrogens is 4. The number of fused-ring (bicyclic) bond motifs is 2. The molecule has 4 heterocycles. The van der Waals surface area contributed by atoms with Crippen LogP contribution in [0.15, 0.2) is 30.5 Å². The zero-order valence-corrected chi connectivity index (χ0v) is 25.1. The van der Waals surface area contributed by atoms with Crippen molar-refractivity contribution in [1.29, 1.82) is 5.26 Å². The van der Waals surface area contributed by atoms with Gasteiger partial charge in [0.25, 0.3) is 0 Å². The number of thiazole rings is 1. The average molecular weight is 617 g/mol. The van der Waals surface area contributed by atoms with Crippen LogP contribution in [-0.2, 0) is 0 Å². The number of piperidine rings is 1. The molecule has 11 nitrogen and oxygen atoms in total. The third-order valence-electron chi connectivity index (χ3n) is 9.44. The number of pyridine rings is 1. The number of hydrogen-bond donors (Lipinski definition) is 5. The standard InChI is InChI=1S/C31H33FN8O3S/c1-14-25(30-38-26-15(2)34-6-5-24(26)44-30)29(37-22-8-17(13-41)27(42)28(22)43)39-31(36-14)35-10-19-20-11-40(12-21(19)20)23-4-3-18(32)7-16(23)9-33/h3-7,17,19-22,27-28,41-43H,8,10-13H2,1-2H3,(H2,35,36,37,39)/t17-,19?,20+,21?,22?,27-,28+/m1/s1. The van der Waals surface area contributed by atoms with Crippen LogP contribution in [0.2, 0.25) is 0 Å². The number of benzene rings is 1. The Morgan fingerprint density at radius 3 is 2.59 bits per heavy atom. The Hall–Kier alpha value is -3.96. The number of nitrogens with zero attached hydrogens (tertiary/aromatic N) is 6. The number of anilines is 3. The molecule has 3 aliphatic rings. The minimum Gasteiger partial charge on any atom is -0.396 e. The van der Waals surface area contributed by atoms with E-state index in [1.165, 1.54) is 23.5 Å². The van der Waals surface area contributed by atoms with Crippen molar-refractivity contribution in [2.45, 2.75) is 38.5 Å². The van der Waals surface area contributed by atoms with E-state index in [1.807, 2.05) is 19.9 Å². The average Bonchev–Trinajstić information content (AvgIpc) is 3.33. The second kappa shape index (κ2) is 11.2. The Morgan fingerprint density at radius 2 is 1.89 bits per heavy atom. The monoisotopic (exact) mass is 616 g/mol. The molecule has 3 fully saturated rings. The summed E-state index contributed by atoms with van der Waals surface area (Å²) >= 11 is 1.52. The topological polar surface area (TPSA) is 163 Å². The quantitative estimate of drug-likeness (QED) is 0.198. The van der Waals surface area contributed by atoms with Crippen molar-refractivity contribution in [2.75, 3.05) is 41.8 Å². The smallest absolute Gasteiger partial charge is 0.224 e. The van der Waals surface area contributed by atoms with Crippen LogP contribution in [0.3, 0.4) is 0 Å². The Morgan fingerprint density at radius 1 is 1.09 bits per heavy atom. The summed E-state index contributed by atoms with van der Waals surface area (Å²) in [6, 6.07) is 7.89. The predicted octanol–water partition coefficient (Wildman–Crippen LogP) is 3.08. The van der Waals surface area contributed by atoms with Crippen molar-refractivity contribution in [3.8, 4) is 16.6 Å². The van der Waals surface area contributed by atoms with E-state index in [0.717, 1.165) is 45.3 Å². The zero-order valence-electron chi connectivity index (χ0n) is 24.3. The molecule has 0 spiro atoms. The van der Waals surface area contributed by atoms with Crippen LogP contribution in [0, 0.1) is 54.7 Å². The molecule has 5 N–H and O–H groups in total. The molecule has 13 heteroatoms. The number of nitriles is 1. The first-order valence-corrected chi connectivity index (χ1v) is 15.6. The maximum absolute atomic E-state index is 13.6. The highest BCUT2D eigenvalue weighted by atomic mass is 32.1. The highest BCUT2D eigenvalue weighted by Gasteiger charge is 2.55. The number of aliphatic hydroxyl groups is 3. The van der Waals surface area contributed by atoms with Crippen molar-refractivity contribution < 1.29 is 19.7 Å². The lowest BCUT2D eigenvalue weighted by Crippen LogP contribution is -2.35. The molecule has 3 unspecified atom stereocenters. The number of rotatable bonds is 8. The fraction of sp³-hybridized carbons (Fsp3) is 0.452. The van der Waals surface area contributed by atoms with E-state index in [9.17, 15) is 25.0 Å². The molecule has 0 bridgehead atoms. The molecule has 7 atom stereocenters. The van der Waals surface area contributed by atoms with Crippen LogP contribution in [-0.4, -0.2) is 79.7 Å². The van der Waals surface area contributed by atoms with E-state index in [4.69, 9.17) is 15.0 Å². The fourth-order valence-electron chi connectivity index (χ4n) is 6.96. The number of hydrogen-bond acceptors (Lipinski definition) is 12. The summed E-state index contributed by atoms with van der Waals surface area (Å²) in [4.78, 5) is 21.0. The summed E-state index contributed by atoms with van der Waals surface area (Å²) < 4.78 is 14.6. The largest absolute Gasteiger partial charge is 0.396 e. The van der Waals surface area contributed by atoms with E-state index in [-0.39, 0.29) is 6.61 Å². The Kier molecular flexibility index (Phi) is 7.32. The van der Waals surface area contributed by atoms with Gasteiger partial charge in [-0.05, 0) is 62.3 Å². The molecule has 2 aliphatic carbocycles. The number of halogens is 1. The Balaban J connectivity index is 1.11. The molecule has 1 aliphatic heterocycles. The van der Waals surface area contributed by atoms with Gasteiger partial charge in [-0.3, -0.25) is 4.98 Å². The van der Waals surface area contributed by atoms with Crippen molar-refractivity contribution >= 4 is 39.0 Å². The van der Waals surface area contributed by atoms with E-state index < -0.39 is 30.0 Å². The molecule has 4 aromatic rings. The fourth-order valence-corrected chi connectivity index (χ4v) is 8.07. The lowest BCUT2D eigenvalue weighted by molar-refractivity contribution is 0.00446. The normalized spacial score (nSPS) is 27.4. The second-order valence-corrected chi connectivity index (χ2v) is 13.1. The minimum absolute atomic E-state index is 0.219. The van der Waals surface area contributed by atoms with E-state index >= 15 is 0 Å². The van der Waals surface area contributed by atoms with Gasteiger partial charge in [-0.1, -0.05) is 0 Å². The third kappa shape index (κ3) is 5.01. The summed E-state index contributed by atoms with van der Waals surface area (Å²) in [5.74, 6) is 1.46. The number of aryl methyl sites for hydroxylation is 2. The Labute approximate surface area is 257 Å². The van der Waals surface area contributed by atoms with E-state index in [2.05, 4.69) is 26.6 Å². The summed E-state index contributed by atoms with van der Waals surface area (Å²) in [7, 11) is 0. The van der Waals surface area contributed by atoms with Gasteiger partial charge >= 0.3 is 0 Å². The van der Waals surface area contributed by atoms with Gasteiger partial charge in [0, 0.05) is 38.4 Å². The highest BCUT2D eigenvalue weighted by Crippen LogP contribution is 2.53. The molecule has 2 saturated carbocycles. The van der Waals surface area contributed by atoms with Gasteiger partial charge in [-0.15, -0.1) is 11.3 Å². The van der Waals surface area contributed by atoms with Crippen LogP contribution < -0.4 is 15.5 Å². The molecule has 1 aromatic carbocycles. The molecule has 7 rings (SSSR count). The summed E-state index contributed by atoms with van der Waals surface area (Å²) in [5, 5.41) is 47.8. The molecule has 1 saturated heterocycles. The van der Waals surface area contributed by atoms with Crippen LogP contribution in [0.1, 0.15) is 23.4 Å². The minimum atomic E-state index is -1.06. The van der Waals surface area contributed by atoms with Crippen LogP contribution in [0.5, 0.6) is 0 Å². The second-order valence-electron chi connectivity index (χ2n) is 12.1. The van der Waals surface area contributed by atoms with Crippen molar-refractivity contribution in [2.24, 2.45) is 23.7 Å². The molecule has 0 radical (unpaired) electrons. The summed E-state index contributed by atoms with van der Waals surface area (Å²) in [6.45, 7) is 5.90. The summed E-state index contributed by atoms with van der Waals surface area (Å²) in [6.07, 6.45) is 0.0430. The van der Waals surface area contributed by atoms with Crippen LogP contribution in [0.4, 0.5) is 21.8 Å². The van der Waals surface area contributed by atoms with Crippen molar-refractivity contribution in [3.05, 3.63) is 53.2 Å². The van der Waals surface area contributed by atoms with Crippen LogP contribution in [0.25, 0.3) is 20.8 Å². The van der Waals surface area contributed by atoms with Gasteiger partial charge in [-0.25, -0.2) is 14.4 Å². The molecule has 0 amide bonds. The zero-order chi connectivity index (χ0) is 30.7. The van der Waals surface area contributed by atoms with Gasteiger partial charge < -0.3 is 30.9 Å². The lowest BCUT2D eigenvalue weighted by atomic mass is 10.1. The van der Waals surface area contributed by atoms with Gasteiger partial charge in [0.2, 0.25) is 5.95 Å². The summed E-state index contributed by atoms with van der Waals surface area (Å²) in [5.41, 5.74) is 4.21. The molecule has 228 valence electrons. The molecular formula is C31H33FN8O3S. The van der Waals surface area contributed by atoms with Gasteiger partial charge in [0.1, 0.15) is 34.3 Å². The first-order chi connectivity index (χ1) is 21.2. The van der Waals surface area contributed by atoms with E-state index in [0.29, 0.717) is 53.7 Å². The van der Waals surface area contributed by atoms with Gasteiger partial charge in [0.15, 0.2) is 0 Å².